The van der Waals surface area contributed by atoms with Crippen molar-refractivity contribution >= 4 is 17.8 Å². The lowest BCUT2D eigenvalue weighted by Gasteiger charge is -2.15. The van der Waals surface area contributed by atoms with Gasteiger partial charge in [-0.2, -0.15) is 0 Å². The molecule has 0 radical (unpaired) electrons. The maximum absolute atomic E-state index is 12.1. The zero-order valence-electron chi connectivity index (χ0n) is 13.7. The fourth-order valence-electron chi connectivity index (χ4n) is 2.61. The molecule has 1 aliphatic rings. The number of hydrogen-bond donors (Lipinski definition) is 2. The third kappa shape index (κ3) is 4.12. The van der Waals surface area contributed by atoms with Crippen molar-refractivity contribution in [1.82, 2.24) is 10.6 Å². The Labute approximate surface area is 134 Å². The molecule has 0 aromatic carbocycles. The Kier molecular flexibility index (Phi) is 5.41. The van der Waals surface area contributed by atoms with Crippen molar-refractivity contribution in [3.63, 3.8) is 0 Å². The molecule has 0 unspecified atom stereocenters. The van der Waals surface area contributed by atoms with E-state index in [4.69, 9.17) is 9.15 Å². The molecule has 2 amide bonds. The molecule has 1 aliphatic heterocycles. The number of esters is 1. The smallest absolute Gasteiger partial charge is 0.342 e. The number of rotatable bonds is 4. The number of carbonyl (C=O) groups is 3. The maximum Gasteiger partial charge on any atom is 0.342 e. The molecule has 7 heteroatoms. The van der Waals surface area contributed by atoms with Crippen molar-refractivity contribution in [1.29, 1.82) is 0 Å². The van der Waals surface area contributed by atoms with Crippen LogP contribution in [0.1, 0.15) is 46.7 Å². The third-order valence-electron chi connectivity index (χ3n) is 3.97. The van der Waals surface area contributed by atoms with Gasteiger partial charge in [-0.05, 0) is 40.0 Å². The van der Waals surface area contributed by atoms with Gasteiger partial charge in [-0.25, -0.2) is 4.79 Å². The molecule has 1 aromatic heterocycles. The van der Waals surface area contributed by atoms with Gasteiger partial charge < -0.3 is 19.8 Å². The average molecular weight is 322 g/mol. The molecule has 126 valence electrons. The van der Waals surface area contributed by atoms with Crippen LogP contribution in [-0.4, -0.2) is 37.0 Å². The van der Waals surface area contributed by atoms with Crippen LogP contribution in [0.3, 0.4) is 0 Å². The lowest BCUT2D eigenvalue weighted by molar-refractivity contribution is -0.130. The number of nitrogens with one attached hydrogen (secondary N) is 2. The Morgan fingerprint density at radius 2 is 2.00 bits per heavy atom. The summed E-state index contributed by atoms with van der Waals surface area (Å²) in [5.74, 6) is -0.171. The van der Waals surface area contributed by atoms with Gasteiger partial charge in [0.25, 0.3) is 5.91 Å². The van der Waals surface area contributed by atoms with Crippen LogP contribution in [0.5, 0.6) is 0 Å². The molecule has 23 heavy (non-hydrogen) atoms. The first-order valence-electron chi connectivity index (χ1n) is 7.71. The van der Waals surface area contributed by atoms with Crippen molar-refractivity contribution in [2.75, 3.05) is 13.2 Å². The van der Waals surface area contributed by atoms with Crippen molar-refractivity contribution in [2.24, 2.45) is 0 Å². The predicted octanol–water partition coefficient (Wildman–Crippen LogP) is 1.15. The Hall–Kier alpha value is -2.31. The second-order valence-electron chi connectivity index (χ2n) is 5.70. The van der Waals surface area contributed by atoms with Gasteiger partial charge in [0.1, 0.15) is 23.1 Å². The Bertz CT molecular complexity index is 620. The minimum Gasteiger partial charge on any atom is -0.465 e. The van der Waals surface area contributed by atoms with Crippen LogP contribution in [0, 0.1) is 20.8 Å². The van der Waals surface area contributed by atoms with Crippen molar-refractivity contribution in [2.45, 2.75) is 46.1 Å². The van der Waals surface area contributed by atoms with Gasteiger partial charge in [-0.3, -0.25) is 9.59 Å². The average Bonchev–Trinajstić information content (AvgIpc) is 2.64. The van der Waals surface area contributed by atoms with E-state index < -0.39 is 24.5 Å². The van der Waals surface area contributed by atoms with Crippen molar-refractivity contribution in [3.05, 3.63) is 22.6 Å². The maximum atomic E-state index is 12.1. The van der Waals surface area contributed by atoms with Crippen LogP contribution in [-0.2, 0) is 14.3 Å². The highest BCUT2D eigenvalue weighted by Gasteiger charge is 2.24. The number of hydrogen-bond acceptors (Lipinski definition) is 5. The van der Waals surface area contributed by atoms with Crippen LogP contribution >= 0.6 is 0 Å². The fourth-order valence-corrected chi connectivity index (χ4v) is 2.61. The van der Waals surface area contributed by atoms with E-state index >= 15 is 0 Å². The molecule has 0 saturated carbocycles. The van der Waals surface area contributed by atoms with Crippen LogP contribution < -0.4 is 10.6 Å². The predicted molar refractivity (Wildman–Crippen MR) is 82.0 cm³/mol. The molecular formula is C16H22N2O5. The number of ether oxygens (including phenoxy) is 1. The molecule has 1 fully saturated rings. The van der Waals surface area contributed by atoms with Gasteiger partial charge in [-0.15, -0.1) is 0 Å². The van der Waals surface area contributed by atoms with E-state index in [1.54, 1.807) is 20.8 Å². The molecule has 0 bridgehead atoms. The molecule has 0 aliphatic carbocycles. The first kappa shape index (κ1) is 17.1. The number of amides is 2. The highest BCUT2D eigenvalue weighted by Crippen LogP contribution is 2.21. The summed E-state index contributed by atoms with van der Waals surface area (Å²) in [4.78, 5) is 35.7. The van der Waals surface area contributed by atoms with E-state index in [2.05, 4.69) is 10.6 Å². The van der Waals surface area contributed by atoms with Gasteiger partial charge in [0, 0.05) is 12.1 Å². The van der Waals surface area contributed by atoms with Gasteiger partial charge in [0.15, 0.2) is 6.61 Å². The van der Waals surface area contributed by atoms with E-state index in [1.807, 2.05) is 0 Å². The fraction of sp³-hybridized carbons (Fsp3) is 0.562. The van der Waals surface area contributed by atoms with E-state index in [9.17, 15) is 14.4 Å². The van der Waals surface area contributed by atoms with Crippen molar-refractivity contribution < 1.29 is 23.5 Å². The summed E-state index contributed by atoms with van der Waals surface area (Å²) in [6.07, 6.45) is 2.34. The quantitative estimate of drug-likeness (QED) is 0.810. The van der Waals surface area contributed by atoms with Crippen molar-refractivity contribution in [3.8, 4) is 0 Å². The lowest BCUT2D eigenvalue weighted by atomic mass is 10.1. The summed E-state index contributed by atoms with van der Waals surface area (Å²) >= 11 is 0. The van der Waals surface area contributed by atoms with E-state index in [0.717, 1.165) is 12.8 Å². The highest BCUT2D eigenvalue weighted by atomic mass is 16.5. The molecule has 0 spiro atoms. The zero-order valence-corrected chi connectivity index (χ0v) is 13.7. The summed E-state index contributed by atoms with van der Waals surface area (Å²) in [7, 11) is 0. The summed E-state index contributed by atoms with van der Waals surface area (Å²) in [6.45, 7) is 5.39. The van der Waals surface area contributed by atoms with Gasteiger partial charge in [0.05, 0.1) is 0 Å². The van der Waals surface area contributed by atoms with Crippen LogP contribution in [0.15, 0.2) is 4.42 Å². The summed E-state index contributed by atoms with van der Waals surface area (Å²) in [5.41, 5.74) is 1.05. The monoisotopic (exact) mass is 322 g/mol. The summed E-state index contributed by atoms with van der Waals surface area (Å²) < 4.78 is 10.4. The second kappa shape index (κ2) is 7.30. The first-order chi connectivity index (χ1) is 10.9. The largest absolute Gasteiger partial charge is 0.465 e. The van der Waals surface area contributed by atoms with E-state index in [1.165, 1.54) is 0 Å². The Morgan fingerprint density at radius 3 is 2.65 bits per heavy atom. The number of aryl methyl sites for hydroxylation is 2. The summed E-state index contributed by atoms with van der Waals surface area (Å²) in [5, 5.41) is 5.33. The topological polar surface area (TPSA) is 97.6 Å². The van der Waals surface area contributed by atoms with Crippen LogP contribution in [0.25, 0.3) is 0 Å². The molecule has 1 atom stereocenters. The zero-order chi connectivity index (χ0) is 17.0. The molecule has 1 saturated heterocycles. The SMILES string of the molecule is Cc1oc(C)c(C(=O)OCC(=O)N[C@H]2CCCCNC2=O)c1C. The number of furan rings is 1. The Morgan fingerprint density at radius 1 is 1.26 bits per heavy atom. The highest BCUT2D eigenvalue weighted by molar-refractivity contribution is 5.94. The molecule has 2 N–H and O–H groups in total. The van der Waals surface area contributed by atoms with Crippen LogP contribution in [0.2, 0.25) is 0 Å². The second-order valence-corrected chi connectivity index (χ2v) is 5.70. The first-order valence-corrected chi connectivity index (χ1v) is 7.71. The minimum absolute atomic E-state index is 0.195. The standard InChI is InChI=1S/C16H22N2O5/c1-9-10(2)23-11(3)14(9)16(21)22-8-13(19)18-12-6-4-5-7-17-15(12)20/h12H,4-8H2,1-3H3,(H,17,20)(H,18,19)/t12-/m0/s1. The normalized spacial score (nSPS) is 18.0. The molecule has 7 nitrogen and oxygen atoms in total. The molecule has 2 heterocycles. The molecular weight excluding hydrogens is 300 g/mol. The Balaban J connectivity index is 1.88. The van der Waals surface area contributed by atoms with Gasteiger partial charge in [-0.1, -0.05) is 0 Å². The van der Waals surface area contributed by atoms with Gasteiger partial charge in [0.2, 0.25) is 5.91 Å². The lowest BCUT2D eigenvalue weighted by Crippen LogP contribution is -2.46. The molecule has 2 rings (SSSR count). The number of carbonyl (C=O) groups excluding carboxylic acids is 3. The molecule has 1 aromatic rings. The van der Waals surface area contributed by atoms with E-state index in [0.29, 0.717) is 35.6 Å². The van der Waals surface area contributed by atoms with Crippen LogP contribution in [0.4, 0.5) is 0 Å². The minimum atomic E-state index is -0.600. The third-order valence-corrected chi connectivity index (χ3v) is 3.97. The van der Waals surface area contributed by atoms with Gasteiger partial charge >= 0.3 is 5.97 Å². The summed E-state index contributed by atoms with van der Waals surface area (Å²) in [6, 6.07) is -0.566. The van der Waals surface area contributed by atoms with E-state index in [-0.39, 0.29) is 5.91 Å².